The maximum Gasteiger partial charge on any atom is 0.233 e. The lowest BCUT2D eigenvalue weighted by Gasteiger charge is -2.39. The fraction of sp³-hybridized carbons (Fsp3) is 0.609. The third kappa shape index (κ3) is 4.23. The molecule has 2 heterocycles. The lowest BCUT2D eigenvalue weighted by atomic mass is 9.90. The van der Waals surface area contributed by atoms with Crippen molar-refractivity contribution in [2.24, 2.45) is 0 Å². The summed E-state index contributed by atoms with van der Waals surface area (Å²) in [6, 6.07) is 7.40. The number of amides is 1. The van der Waals surface area contributed by atoms with Crippen molar-refractivity contribution >= 4 is 17.7 Å². The Kier molecular flexibility index (Phi) is 6.28. The van der Waals surface area contributed by atoms with Crippen molar-refractivity contribution in [2.45, 2.75) is 89.5 Å². The molecular formula is C23H32N4OS. The Morgan fingerprint density at radius 3 is 2.52 bits per heavy atom. The fourth-order valence-electron chi connectivity index (χ4n) is 4.88. The lowest BCUT2D eigenvalue weighted by molar-refractivity contribution is -0.134. The van der Waals surface area contributed by atoms with Crippen LogP contribution in [0.15, 0.2) is 23.4 Å². The van der Waals surface area contributed by atoms with Gasteiger partial charge in [0, 0.05) is 24.2 Å². The molecule has 1 aliphatic heterocycles. The molecule has 0 bridgehead atoms. The van der Waals surface area contributed by atoms with E-state index in [9.17, 15) is 4.79 Å². The van der Waals surface area contributed by atoms with E-state index in [0.29, 0.717) is 17.8 Å². The summed E-state index contributed by atoms with van der Waals surface area (Å²) in [7, 11) is 0. The summed E-state index contributed by atoms with van der Waals surface area (Å²) in [6.45, 7) is 7.25. The average Bonchev–Trinajstić information content (AvgIpc) is 3.14. The van der Waals surface area contributed by atoms with Crippen LogP contribution in [0.2, 0.25) is 0 Å². The van der Waals surface area contributed by atoms with Crippen LogP contribution in [0.4, 0.5) is 0 Å². The highest BCUT2D eigenvalue weighted by Gasteiger charge is 2.29. The molecule has 0 N–H and O–H groups in total. The number of aryl methyl sites for hydroxylation is 2. The lowest BCUT2D eigenvalue weighted by Crippen LogP contribution is -2.48. The van der Waals surface area contributed by atoms with Crippen molar-refractivity contribution in [3.63, 3.8) is 0 Å². The molecule has 0 spiro atoms. The molecule has 1 aromatic heterocycles. The predicted octanol–water partition coefficient (Wildman–Crippen LogP) is 4.73. The molecular weight excluding hydrogens is 380 g/mol. The number of fused-ring (bicyclic) bond motifs is 1. The van der Waals surface area contributed by atoms with Gasteiger partial charge >= 0.3 is 0 Å². The van der Waals surface area contributed by atoms with E-state index in [-0.39, 0.29) is 5.91 Å². The zero-order valence-electron chi connectivity index (χ0n) is 17.9. The molecule has 2 aromatic rings. The van der Waals surface area contributed by atoms with Gasteiger partial charge in [-0.2, -0.15) is 0 Å². The minimum atomic E-state index is 0.218. The van der Waals surface area contributed by atoms with Gasteiger partial charge in [-0.3, -0.25) is 4.79 Å². The highest BCUT2D eigenvalue weighted by atomic mass is 32.2. The molecule has 5 nitrogen and oxygen atoms in total. The minimum absolute atomic E-state index is 0.218. The van der Waals surface area contributed by atoms with Gasteiger partial charge in [0.15, 0.2) is 11.0 Å². The standard InChI is InChI=1S/C23H32N4OS/c1-4-26-22(20-13-12-18-10-5-6-11-19(18)14-20)24-25-23(26)29-15-21(28)27-16(2)8-7-9-17(27)3/h12-14,16-17H,4-11,15H2,1-3H3/t16-,17+. The molecule has 2 atom stereocenters. The van der Waals surface area contributed by atoms with Crippen LogP contribution in [0.5, 0.6) is 0 Å². The number of hydrogen-bond donors (Lipinski definition) is 0. The van der Waals surface area contributed by atoms with E-state index in [1.165, 1.54) is 48.6 Å². The Bertz CT molecular complexity index is 868. The van der Waals surface area contributed by atoms with Gasteiger partial charge < -0.3 is 9.47 Å². The van der Waals surface area contributed by atoms with Gasteiger partial charge in [-0.25, -0.2) is 0 Å². The number of thioether (sulfide) groups is 1. The van der Waals surface area contributed by atoms with Crippen molar-refractivity contribution in [3.8, 4) is 11.4 Å². The fourth-order valence-corrected chi connectivity index (χ4v) is 5.75. The zero-order valence-corrected chi connectivity index (χ0v) is 18.7. The first-order chi connectivity index (χ1) is 14.1. The van der Waals surface area contributed by atoms with Crippen molar-refractivity contribution in [2.75, 3.05) is 5.75 Å². The van der Waals surface area contributed by atoms with Gasteiger partial charge in [-0.15, -0.1) is 10.2 Å². The van der Waals surface area contributed by atoms with Gasteiger partial charge in [-0.05, 0) is 82.9 Å². The van der Waals surface area contributed by atoms with Gasteiger partial charge in [0.2, 0.25) is 5.91 Å². The second-order valence-electron chi connectivity index (χ2n) is 8.46. The van der Waals surface area contributed by atoms with Crippen LogP contribution in [0.1, 0.15) is 64.0 Å². The Hall–Kier alpha value is -1.82. The number of aromatic nitrogens is 3. The zero-order chi connectivity index (χ0) is 20.4. The van der Waals surface area contributed by atoms with E-state index in [2.05, 4.69) is 58.6 Å². The number of benzene rings is 1. The molecule has 0 radical (unpaired) electrons. The predicted molar refractivity (Wildman–Crippen MR) is 118 cm³/mol. The topological polar surface area (TPSA) is 51.0 Å². The molecule has 1 aliphatic carbocycles. The summed E-state index contributed by atoms with van der Waals surface area (Å²) < 4.78 is 2.14. The molecule has 1 saturated heterocycles. The SMILES string of the molecule is CCn1c(SCC(=O)N2[C@H](C)CCC[C@@H]2C)nnc1-c1ccc2c(c1)CCCC2. The third-order valence-corrected chi connectivity index (χ3v) is 7.40. The van der Waals surface area contributed by atoms with Crippen molar-refractivity contribution < 1.29 is 4.79 Å². The largest absolute Gasteiger partial charge is 0.337 e. The molecule has 0 saturated carbocycles. The van der Waals surface area contributed by atoms with Gasteiger partial charge in [0.1, 0.15) is 0 Å². The number of nitrogens with zero attached hydrogens (tertiary/aromatic N) is 4. The molecule has 1 amide bonds. The Morgan fingerprint density at radius 1 is 1.07 bits per heavy atom. The molecule has 1 fully saturated rings. The normalized spacial score (nSPS) is 21.8. The molecule has 1 aromatic carbocycles. The minimum Gasteiger partial charge on any atom is -0.337 e. The highest BCUT2D eigenvalue weighted by Crippen LogP contribution is 2.30. The van der Waals surface area contributed by atoms with E-state index in [0.717, 1.165) is 42.4 Å². The molecule has 2 aliphatic rings. The summed E-state index contributed by atoms with van der Waals surface area (Å²) in [5, 5.41) is 9.77. The van der Waals surface area contributed by atoms with Crippen LogP contribution < -0.4 is 0 Å². The van der Waals surface area contributed by atoms with Crippen LogP contribution in [0.3, 0.4) is 0 Å². The summed E-state index contributed by atoms with van der Waals surface area (Å²) >= 11 is 1.52. The number of likely N-dealkylation sites (tertiary alicyclic amines) is 1. The second-order valence-corrected chi connectivity index (χ2v) is 9.40. The van der Waals surface area contributed by atoms with E-state index >= 15 is 0 Å². The molecule has 6 heteroatoms. The molecule has 0 unspecified atom stereocenters. The number of rotatable bonds is 5. The monoisotopic (exact) mass is 412 g/mol. The maximum absolute atomic E-state index is 12.9. The van der Waals surface area contributed by atoms with Crippen molar-refractivity contribution in [1.29, 1.82) is 0 Å². The van der Waals surface area contributed by atoms with Crippen LogP contribution >= 0.6 is 11.8 Å². The van der Waals surface area contributed by atoms with E-state index in [1.807, 2.05) is 0 Å². The quantitative estimate of drug-likeness (QED) is 0.667. The summed E-state index contributed by atoms with van der Waals surface area (Å²) in [6.07, 6.45) is 8.34. The summed E-state index contributed by atoms with van der Waals surface area (Å²) in [5.74, 6) is 1.56. The summed E-state index contributed by atoms with van der Waals surface area (Å²) in [5.41, 5.74) is 4.07. The first-order valence-corrected chi connectivity index (χ1v) is 12.1. The Labute approximate surface area is 178 Å². The smallest absolute Gasteiger partial charge is 0.233 e. The van der Waals surface area contributed by atoms with Gasteiger partial charge in [-0.1, -0.05) is 23.9 Å². The van der Waals surface area contributed by atoms with Crippen molar-refractivity contribution in [3.05, 3.63) is 29.3 Å². The summed E-state index contributed by atoms with van der Waals surface area (Å²) in [4.78, 5) is 15.0. The third-order valence-electron chi connectivity index (χ3n) is 6.45. The van der Waals surface area contributed by atoms with E-state index < -0.39 is 0 Å². The Balaban J connectivity index is 1.50. The number of carbonyl (C=O) groups is 1. The van der Waals surface area contributed by atoms with Gasteiger partial charge in [0.25, 0.3) is 0 Å². The van der Waals surface area contributed by atoms with Crippen LogP contribution in [0.25, 0.3) is 11.4 Å². The molecule has 156 valence electrons. The second kappa shape index (κ2) is 8.90. The van der Waals surface area contributed by atoms with Crippen LogP contribution in [-0.4, -0.2) is 43.4 Å². The van der Waals surface area contributed by atoms with Crippen molar-refractivity contribution in [1.82, 2.24) is 19.7 Å². The average molecular weight is 413 g/mol. The van der Waals surface area contributed by atoms with Crippen LogP contribution in [-0.2, 0) is 24.2 Å². The number of piperidine rings is 1. The molecule has 29 heavy (non-hydrogen) atoms. The van der Waals surface area contributed by atoms with E-state index in [4.69, 9.17) is 0 Å². The van der Waals surface area contributed by atoms with E-state index in [1.54, 1.807) is 0 Å². The maximum atomic E-state index is 12.9. The highest BCUT2D eigenvalue weighted by molar-refractivity contribution is 7.99. The molecule has 4 rings (SSSR count). The Morgan fingerprint density at radius 2 is 1.79 bits per heavy atom. The first kappa shape index (κ1) is 20.5. The van der Waals surface area contributed by atoms with Crippen LogP contribution in [0, 0.1) is 0 Å². The number of hydrogen-bond acceptors (Lipinski definition) is 4. The number of carbonyl (C=O) groups excluding carboxylic acids is 1. The first-order valence-electron chi connectivity index (χ1n) is 11.1. The van der Waals surface area contributed by atoms with Gasteiger partial charge in [0.05, 0.1) is 5.75 Å².